The van der Waals surface area contributed by atoms with Gasteiger partial charge in [0.05, 0.1) is 11.1 Å². The normalized spacial score (nSPS) is 12.0. The third kappa shape index (κ3) is 3.29. The molecule has 1 rings (SSSR count). The first-order chi connectivity index (χ1) is 8.59. The van der Waals surface area contributed by atoms with Gasteiger partial charge in [-0.1, -0.05) is 6.07 Å². The van der Waals surface area contributed by atoms with Gasteiger partial charge in [-0.3, -0.25) is 9.35 Å². The maximum Gasteiger partial charge on any atom is 0.417 e. The van der Waals surface area contributed by atoms with Gasteiger partial charge in [0.1, 0.15) is 4.90 Å². The third-order valence-corrected chi connectivity index (χ3v) is 2.91. The molecule has 1 aromatic rings. The highest BCUT2D eigenvalue weighted by Gasteiger charge is 2.39. The van der Waals surface area contributed by atoms with E-state index in [4.69, 9.17) is 4.55 Å². The third-order valence-electron chi connectivity index (χ3n) is 1.95. The monoisotopic (exact) mass is 298 g/mol. The molecule has 0 unspecified atom stereocenters. The number of alkyl halides is 3. The molecule has 19 heavy (non-hydrogen) atoms. The number of rotatable bonds is 3. The highest BCUT2D eigenvalue weighted by atomic mass is 32.2. The Hall–Kier alpha value is -1.94. The summed E-state index contributed by atoms with van der Waals surface area (Å²) in [4.78, 5) is 19.5. The van der Waals surface area contributed by atoms with Gasteiger partial charge >= 0.3 is 18.6 Å². The minimum absolute atomic E-state index is 0.362. The molecule has 0 aliphatic rings. The van der Waals surface area contributed by atoms with Crippen LogP contribution in [0.1, 0.15) is 15.9 Å². The largest absolute Gasteiger partial charge is 0.417 e. The summed E-state index contributed by atoms with van der Waals surface area (Å²) < 4.78 is 72.4. The van der Waals surface area contributed by atoms with Crippen molar-refractivity contribution in [3.05, 3.63) is 29.3 Å². The lowest BCUT2D eigenvalue weighted by molar-refractivity contribution is -0.140. The van der Waals surface area contributed by atoms with Crippen LogP contribution in [-0.2, 0) is 25.8 Å². The summed E-state index contributed by atoms with van der Waals surface area (Å²) >= 11 is 0. The Morgan fingerprint density at radius 3 is 2.32 bits per heavy atom. The summed E-state index contributed by atoms with van der Waals surface area (Å²) in [6.45, 7) is -0.379. The van der Waals surface area contributed by atoms with Gasteiger partial charge in [0, 0.05) is 0 Å². The average molecular weight is 298 g/mol. The topological polar surface area (TPSA) is 97.7 Å². The van der Waals surface area contributed by atoms with Gasteiger partial charge < -0.3 is 4.74 Å². The lowest BCUT2D eigenvalue weighted by atomic mass is 10.1. The van der Waals surface area contributed by atoms with E-state index >= 15 is 0 Å². The predicted octanol–water partition coefficient (Wildman–Crippen LogP) is 1.27. The number of ether oxygens (including phenoxy) is 1. The van der Waals surface area contributed by atoms with Gasteiger partial charge in [-0.2, -0.15) is 21.6 Å². The van der Waals surface area contributed by atoms with Gasteiger partial charge in [0.2, 0.25) is 0 Å². The van der Waals surface area contributed by atoms with Crippen LogP contribution in [0.3, 0.4) is 0 Å². The number of hydrogen-bond donors (Lipinski definition) is 1. The number of benzene rings is 1. The second-order valence-electron chi connectivity index (χ2n) is 3.16. The number of hydrogen-bond acceptors (Lipinski definition) is 5. The van der Waals surface area contributed by atoms with Crippen LogP contribution in [0.25, 0.3) is 0 Å². The Kier molecular flexibility index (Phi) is 3.96. The van der Waals surface area contributed by atoms with E-state index in [0.29, 0.717) is 12.1 Å². The van der Waals surface area contributed by atoms with Crippen LogP contribution >= 0.6 is 0 Å². The van der Waals surface area contributed by atoms with Gasteiger partial charge in [0.15, 0.2) is 0 Å². The van der Waals surface area contributed by atoms with E-state index in [1.165, 1.54) is 0 Å². The summed E-state index contributed by atoms with van der Waals surface area (Å²) in [6, 6.07) is 1.77. The molecule has 1 aromatic carbocycles. The zero-order valence-electron chi connectivity index (χ0n) is 8.84. The van der Waals surface area contributed by atoms with Crippen molar-refractivity contribution in [3.8, 4) is 0 Å². The summed E-state index contributed by atoms with van der Waals surface area (Å²) in [5, 5.41) is 0. The summed E-state index contributed by atoms with van der Waals surface area (Å²) in [5.41, 5.74) is -2.83. The van der Waals surface area contributed by atoms with E-state index in [-0.39, 0.29) is 6.47 Å². The van der Waals surface area contributed by atoms with Crippen LogP contribution in [0, 0.1) is 0 Å². The van der Waals surface area contributed by atoms with Crippen molar-refractivity contribution in [1.29, 1.82) is 0 Å². The Morgan fingerprint density at radius 1 is 1.32 bits per heavy atom. The molecule has 6 nitrogen and oxygen atoms in total. The SMILES string of the molecule is O=COC(=O)c1cccc(C(F)(F)F)c1S(=O)(=O)O. The number of carbonyl (C=O) groups excluding carboxylic acids is 2. The van der Waals surface area contributed by atoms with Crippen molar-refractivity contribution < 1.29 is 40.5 Å². The second-order valence-corrected chi connectivity index (χ2v) is 4.51. The van der Waals surface area contributed by atoms with Crippen LogP contribution in [-0.4, -0.2) is 25.4 Å². The van der Waals surface area contributed by atoms with Crippen molar-refractivity contribution >= 4 is 22.6 Å². The van der Waals surface area contributed by atoms with Crippen LogP contribution in [0.15, 0.2) is 23.1 Å². The molecule has 1 N–H and O–H groups in total. The molecule has 104 valence electrons. The highest BCUT2D eigenvalue weighted by molar-refractivity contribution is 7.86. The van der Waals surface area contributed by atoms with Crippen molar-refractivity contribution in [3.63, 3.8) is 0 Å². The minimum Gasteiger partial charge on any atom is -0.392 e. The molecule has 0 radical (unpaired) electrons. The molecule has 0 saturated carbocycles. The Labute approximate surface area is 104 Å². The molecule has 0 amide bonds. The number of carbonyl (C=O) groups is 2. The second kappa shape index (κ2) is 4.97. The molecule has 10 heteroatoms. The van der Waals surface area contributed by atoms with Gasteiger partial charge in [-0.25, -0.2) is 4.79 Å². The lowest BCUT2D eigenvalue weighted by Gasteiger charge is -2.13. The highest BCUT2D eigenvalue weighted by Crippen LogP contribution is 2.35. The molecule has 0 aliphatic carbocycles. The molecular weight excluding hydrogens is 293 g/mol. The maximum absolute atomic E-state index is 12.6. The van der Waals surface area contributed by atoms with Crippen molar-refractivity contribution in [2.75, 3.05) is 0 Å². The molecule has 0 bridgehead atoms. The molecule has 0 aliphatic heterocycles. The van der Waals surface area contributed by atoms with Crippen LogP contribution in [0.4, 0.5) is 13.2 Å². The van der Waals surface area contributed by atoms with E-state index in [0.717, 1.165) is 6.07 Å². The zero-order chi connectivity index (χ0) is 14.8. The molecule has 0 saturated heterocycles. The van der Waals surface area contributed by atoms with Crippen molar-refractivity contribution in [1.82, 2.24) is 0 Å². The fraction of sp³-hybridized carbons (Fsp3) is 0.111. The fourth-order valence-electron chi connectivity index (χ4n) is 1.31. The Morgan fingerprint density at radius 2 is 1.89 bits per heavy atom. The first-order valence-corrected chi connectivity index (χ1v) is 5.85. The van der Waals surface area contributed by atoms with Crippen molar-refractivity contribution in [2.45, 2.75) is 11.1 Å². The molecule has 0 aromatic heterocycles. The molecule has 0 atom stereocenters. The first-order valence-electron chi connectivity index (χ1n) is 4.41. The van der Waals surface area contributed by atoms with Crippen molar-refractivity contribution in [2.24, 2.45) is 0 Å². The minimum atomic E-state index is -5.35. The quantitative estimate of drug-likeness (QED) is 0.390. The Bertz CT molecular complexity index is 619. The fourth-order valence-corrected chi connectivity index (χ4v) is 2.20. The van der Waals surface area contributed by atoms with Crippen LogP contribution < -0.4 is 0 Å². The van der Waals surface area contributed by atoms with E-state index in [2.05, 4.69) is 4.74 Å². The predicted molar refractivity (Wildman–Crippen MR) is 52.7 cm³/mol. The van der Waals surface area contributed by atoms with Gasteiger partial charge in [-0.15, -0.1) is 0 Å². The van der Waals surface area contributed by atoms with Gasteiger partial charge in [-0.05, 0) is 12.1 Å². The molecule has 0 spiro atoms. The smallest absolute Gasteiger partial charge is 0.392 e. The van der Waals surface area contributed by atoms with Crippen LogP contribution in [0.5, 0.6) is 0 Å². The number of halogens is 3. The van der Waals surface area contributed by atoms with E-state index in [9.17, 15) is 31.2 Å². The molecule has 0 fully saturated rings. The van der Waals surface area contributed by atoms with Crippen LogP contribution in [0.2, 0.25) is 0 Å². The standard InChI is InChI=1S/C9H5F3O6S/c10-9(11,12)6-3-1-2-5(8(14)18-4-13)7(6)19(15,16)17/h1-4H,(H,15,16,17). The van der Waals surface area contributed by atoms with Gasteiger partial charge in [0.25, 0.3) is 10.1 Å². The lowest BCUT2D eigenvalue weighted by Crippen LogP contribution is -2.18. The molecular formula is C9H5F3O6S. The summed E-state index contributed by atoms with van der Waals surface area (Å²) in [6.07, 6.45) is -5.12. The molecule has 0 heterocycles. The summed E-state index contributed by atoms with van der Waals surface area (Å²) in [7, 11) is -5.35. The van der Waals surface area contributed by atoms with E-state index < -0.39 is 38.3 Å². The maximum atomic E-state index is 12.6. The first kappa shape index (κ1) is 15.1. The average Bonchev–Trinajstić information content (AvgIpc) is 2.26. The van der Waals surface area contributed by atoms with E-state index in [1.54, 1.807) is 0 Å². The summed E-state index contributed by atoms with van der Waals surface area (Å²) in [5.74, 6) is -1.63. The zero-order valence-corrected chi connectivity index (χ0v) is 9.66. The number of esters is 1. The van der Waals surface area contributed by atoms with E-state index in [1.807, 2.05) is 0 Å². The Balaban J connectivity index is 3.67.